The van der Waals surface area contributed by atoms with Crippen molar-refractivity contribution in [2.75, 3.05) is 38.8 Å². The maximum absolute atomic E-state index is 12.7. The summed E-state index contributed by atoms with van der Waals surface area (Å²) in [5, 5.41) is 25.6. The first kappa shape index (κ1) is 35.3. The quantitative estimate of drug-likeness (QED) is 0.121. The fourth-order valence-corrected chi connectivity index (χ4v) is 6.91. The Kier molecular flexibility index (Phi) is 15.0. The van der Waals surface area contributed by atoms with Crippen molar-refractivity contribution < 1.29 is 39.1 Å². The second-order valence-electron chi connectivity index (χ2n) is 10.2. The van der Waals surface area contributed by atoms with E-state index in [-0.39, 0.29) is 62.9 Å². The highest BCUT2D eigenvalue weighted by atomic mass is 33.1. The number of hydroxylamine groups is 4. The van der Waals surface area contributed by atoms with E-state index >= 15 is 0 Å². The van der Waals surface area contributed by atoms with E-state index in [1.807, 2.05) is 60.7 Å². The van der Waals surface area contributed by atoms with Crippen LogP contribution in [0.5, 0.6) is 0 Å². The van der Waals surface area contributed by atoms with Crippen molar-refractivity contribution in [2.24, 2.45) is 0 Å². The Morgan fingerprint density at radius 2 is 1.09 bits per heavy atom. The Hall–Kier alpha value is -3.14. The maximum Gasteiger partial charge on any atom is 0.268 e. The van der Waals surface area contributed by atoms with E-state index < -0.39 is 23.9 Å². The van der Waals surface area contributed by atoms with Crippen LogP contribution in [0.1, 0.15) is 24.0 Å². The third kappa shape index (κ3) is 12.1. The van der Waals surface area contributed by atoms with Crippen LogP contribution >= 0.6 is 21.6 Å². The lowest BCUT2D eigenvalue weighted by Crippen LogP contribution is -2.48. The molecule has 1 saturated heterocycles. The highest BCUT2D eigenvalue weighted by molar-refractivity contribution is 8.76. The van der Waals surface area contributed by atoms with Gasteiger partial charge in [-0.15, -0.1) is 0 Å². The first-order valence-electron chi connectivity index (χ1n) is 14.2. The number of rotatable bonds is 16. The Morgan fingerprint density at radius 3 is 1.43 bits per heavy atom. The molecule has 14 heteroatoms. The van der Waals surface area contributed by atoms with Gasteiger partial charge in [0.15, 0.2) is 0 Å². The minimum absolute atomic E-state index is 0.00722. The van der Waals surface area contributed by atoms with Gasteiger partial charge in [-0.3, -0.25) is 29.6 Å². The molecule has 1 aliphatic rings. The molecule has 0 radical (unpaired) electrons. The molecule has 2 aromatic rings. The molecule has 0 bridgehead atoms. The highest BCUT2D eigenvalue weighted by Gasteiger charge is 2.29. The number of ether oxygens (including phenoxy) is 2. The van der Waals surface area contributed by atoms with Crippen LogP contribution in [-0.2, 0) is 41.5 Å². The van der Waals surface area contributed by atoms with E-state index in [4.69, 9.17) is 9.47 Å². The van der Waals surface area contributed by atoms with Crippen molar-refractivity contribution in [1.82, 2.24) is 20.8 Å². The Balaban J connectivity index is 1.44. The van der Waals surface area contributed by atoms with Crippen molar-refractivity contribution in [2.45, 2.75) is 50.0 Å². The first-order chi connectivity index (χ1) is 21.1. The van der Waals surface area contributed by atoms with Gasteiger partial charge in [-0.1, -0.05) is 82.3 Å². The van der Waals surface area contributed by atoms with E-state index in [2.05, 4.69) is 10.6 Å². The van der Waals surface area contributed by atoms with Gasteiger partial charge in [0, 0.05) is 51.3 Å². The minimum Gasteiger partial charge on any atom is -0.374 e. The average molecular weight is 649 g/mol. The normalized spacial score (nSPS) is 17.6. The summed E-state index contributed by atoms with van der Waals surface area (Å²) in [5.74, 6) is -0.767. The number of hydrogen-bond donors (Lipinski definition) is 4. The van der Waals surface area contributed by atoms with Crippen molar-refractivity contribution >= 4 is 45.2 Å². The SMILES string of the molecule is CN(O)C(=O)C(Cc1ccccc1)NC(=O)CCO[C@H]1CSSC[C@@H]1OCCC(=O)NC(Cc1ccccc1)C(=O)N(C)O. The number of nitrogens with one attached hydrogen (secondary N) is 2. The number of carbonyl (C=O) groups excluding carboxylic acids is 4. The third-order valence-corrected chi connectivity index (χ3v) is 9.17. The lowest BCUT2D eigenvalue weighted by Gasteiger charge is -2.30. The van der Waals surface area contributed by atoms with Gasteiger partial charge in [-0.2, -0.15) is 0 Å². The molecule has 1 fully saturated rings. The molecule has 240 valence electrons. The molecule has 4 N–H and O–H groups in total. The number of benzene rings is 2. The largest absolute Gasteiger partial charge is 0.374 e. The Bertz CT molecular complexity index is 1110. The van der Waals surface area contributed by atoms with Gasteiger partial charge >= 0.3 is 0 Å². The molecule has 3 rings (SSSR count). The molecule has 4 atom stereocenters. The minimum atomic E-state index is -0.927. The number of likely N-dealkylation sites (N-methyl/N-ethyl adjacent to an activating group) is 2. The van der Waals surface area contributed by atoms with E-state index in [1.165, 1.54) is 14.1 Å². The van der Waals surface area contributed by atoms with Crippen LogP contribution in [0.2, 0.25) is 0 Å². The topological polar surface area (TPSA) is 158 Å². The predicted molar refractivity (Wildman–Crippen MR) is 167 cm³/mol. The van der Waals surface area contributed by atoms with Gasteiger partial charge in [0.1, 0.15) is 12.1 Å². The predicted octanol–water partition coefficient (Wildman–Crippen LogP) is 2.08. The van der Waals surface area contributed by atoms with Crippen LogP contribution in [0.3, 0.4) is 0 Å². The van der Waals surface area contributed by atoms with E-state index in [0.717, 1.165) is 11.1 Å². The summed E-state index contributed by atoms with van der Waals surface area (Å²) < 4.78 is 12.0. The van der Waals surface area contributed by atoms with E-state index in [9.17, 15) is 29.6 Å². The molecule has 0 saturated carbocycles. The zero-order chi connectivity index (χ0) is 31.9. The molecule has 0 aliphatic carbocycles. The van der Waals surface area contributed by atoms with Crippen molar-refractivity contribution in [1.29, 1.82) is 0 Å². The number of hydrogen-bond acceptors (Lipinski definition) is 10. The van der Waals surface area contributed by atoms with Crippen LogP contribution < -0.4 is 10.6 Å². The summed E-state index contributed by atoms with van der Waals surface area (Å²) in [6.45, 7) is 0.197. The third-order valence-electron chi connectivity index (χ3n) is 6.75. The van der Waals surface area contributed by atoms with Crippen LogP contribution in [0.4, 0.5) is 0 Å². The molecule has 0 spiro atoms. The van der Waals surface area contributed by atoms with Crippen LogP contribution in [-0.4, -0.2) is 107 Å². The fourth-order valence-electron chi connectivity index (χ4n) is 4.45. The van der Waals surface area contributed by atoms with Crippen molar-refractivity contribution in [3.05, 3.63) is 71.8 Å². The van der Waals surface area contributed by atoms with E-state index in [1.54, 1.807) is 21.6 Å². The molecule has 1 heterocycles. The monoisotopic (exact) mass is 648 g/mol. The van der Waals surface area contributed by atoms with Gasteiger partial charge in [-0.05, 0) is 11.1 Å². The summed E-state index contributed by atoms with van der Waals surface area (Å²) in [6, 6.07) is 16.5. The van der Waals surface area contributed by atoms with Crippen molar-refractivity contribution in [3.8, 4) is 0 Å². The second kappa shape index (κ2) is 18.6. The molecule has 12 nitrogen and oxygen atoms in total. The summed E-state index contributed by atoms with van der Waals surface area (Å²) in [7, 11) is 5.69. The summed E-state index contributed by atoms with van der Waals surface area (Å²) >= 11 is 0. The summed E-state index contributed by atoms with van der Waals surface area (Å²) in [6.07, 6.45) is -0.138. The highest BCUT2D eigenvalue weighted by Crippen LogP contribution is 2.32. The number of amides is 4. The van der Waals surface area contributed by atoms with Gasteiger partial charge in [0.25, 0.3) is 11.8 Å². The Labute approximate surface area is 265 Å². The molecule has 44 heavy (non-hydrogen) atoms. The molecule has 4 amide bonds. The lowest BCUT2D eigenvalue weighted by atomic mass is 10.1. The van der Waals surface area contributed by atoms with Gasteiger partial charge < -0.3 is 20.1 Å². The lowest BCUT2D eigenvalue weighted by molar-refractivity contribution is -0.162. The smallest absolute Gasteiger partial charge is 0.268 e. The van der Waals surface area contributed by atoms with Crippen LogP contribution in [0.25, 0.3) is 0 Å². The molecule has 2 aromatic carbocycles. The van der Waals surface area contributed by atoms with Gasteiger partial charge in [0.05, 0.1) is 25.4 Å². The fraction of sp³-hybridized carbons (Fsp3) is 0.467. The molecular weight excluding hydrogens is 608 g/mol. The molecule has 2 unspecified atom stereocenters. The Morgan fingerprint density at radius 1 is 0.727 bits per heavy atom. The molecule has 1 aliphatic heterocycles. The maximum atomic E-state index is 12.7. The zero-order valence-corrected chi connectivity index (χ0v) is 26.4. The molecular formula is C30H40N4O8S2. The van der Waals surface area contributed by atoms with Gasteiger partial charge in [-0.25, -0.2) is 10.1 Å². The van der Waals surface area contributed by atoms with Gasteiger partial charge in [0.2, 0.25) is 11.8 Å². The average Bonchev–Trinajstić information content (AvgIpc) is 3.01. The first-order valence-corrected chi connectivity index (χ1v) is 16.7. The van der Waals surface area contributed by atoms with Crippen LogP contribution in [0, 0.1) is 0 Å². The zero-order valence-electron chi connectivity index (χ0n) is 24.8. The van der Waals surface area contributed by atoms with E-state index in [0.29, 0.717) is 21.6 Å². The van der Waals surface area contributed by atoms with Crippen LogP contribution in [0.15, 0.2) is 60.7 Å². The van der Waals surface area contributed by atoms with Crippen molar-refractivity contribution in [3.63, 3.8) is 0 Å². The summed E-state index contributed by atoms with van der Waals surface area (Å²) in [5.41, 5.74) is 1.68. The number of nitrogens with zero attached hydrogens (tertiary/aromatic N) is 2. The molecule has 0 aromatic heterocycles. The number of carbonyl (C=O) groups is 4. The summed E-state index contributed by atoms with van der Waals surface area (Å²) in [4.78, 5) is 50.2. The second-order valence-corrected chi connectivity index (χ2v) is 12.8. The standard InChI is InChI=1S/C30H40N4O8S2/c1-33(39)29(37)23(17-21-9-5-3-6-10-21)31-27(35)13-15-41-25-19-43-44-20-26(25)42-16-14-28(36)32-24(30(38)34(2)40)18-22-11-7-4-8-12-22/h3-12,23-26,39-40H,13-20H2,1-2H3,(H,31,35)(H,32,36)/t23?,24?,25-,26-/m0/s1.